The number of hydrogen-bond acceptors (Lipinski definition) is 5. The first-order valence-electron chi connectivity index (χ1n) is 11.8. The molecule has 4 rings (SSSR count). The number of aromatic nitrogens is 3. The Labute approximate surface area is 210 Å². The Morgan fingerprint density at radius 1 is 0.944 bits per heavy atom. The van der Waals surface area contributed by atoms with E-state index in [4.69, 9.17) is 4.74 Å². The zero-order valence-electron chi connectivity index (χ0n) is 20.6. The molecule has 3 aromatic carbocycles. The summed E-state index contributed by atoms with van der Waals surface area (Å²) in [6, 6.07) is 26.3. The number of hydrogen-bond donors (Lipinski definition) is 1. The SMILES string of the molecule is CCC(NC(=O)c1nc(-c2ccccc2)n(-c2ccccc2)n1)c1ccccc1OCC(=O)N(C)C. The monoisotopic (exact) mass is 483 g/mol. The summed E-state index contributed by atoms with van der Waals surface area (Å²) in [6.45, 7) is 1.88. The van der Waals surface area contributed by atoms with Crippen LogP contribution >= 0.6 is 0 Å². The number of rotatable bonds is 9. The summed E-state index contributed by atoms with van der Waals surface area (Å²) in [5, 5.41) is 7.59. The highest BCUT2D eigenvalue weighted by molar-refractivity contribution is 5.91. The van der Waals surface area contributed by atoms with Gasteiger partial charge in [-0.05, 0) is 24.6 Å². The number of carbonyl (C=O) groups is 2. The predicted molar refractivity (Wildman–Crippen MR) is 138 cm³/mol. The van der Waals surface area contributed by atoms with E-state index in [0.29, 0.717) is 18.0 Å². The smallest absolute Gasteiger partial charge is 0.291 e. The molecule has 0 aliphatic heterocycles. The van der Waals surface area contributed by atoms with Crippen LogP contribution in [0.3, 0.4) is 0 Å². The fourth-order valence-electron chi connectivity index (χ4n) is 3.72. The molecule has 0 radical (unpaired) electrons. The largest absolute Gasteiger partial charge is 0.483 e. The highest BCUT2D eigenvalue weighted by atomic mass is 16.5. The summed E-state index contributed by atoms with van der Waals surface area (Å²) >= 11 is 0. The standard InChI is InChI=1S/C28H29N5O3/c1-4-23(22-17-11-12-18-24(22)36-19-25(34)32(2)3)29-28(35)26-30-27(20-13-7-5-8-14-20)33(31-26)21-15-9-6-10-16-21/h5-18,23H,4,19H2,1-3H3,(H,29,35). The van der Waals surface area contributed by atoms with Gasteiger partial charge in [0.2, 0.25) is 5.82 Å². The van der Waals surface area contributed by atoms with E-state index >= 15 is 0 Å². The summed E-state index contributed by atoms with van der Waals surface area (Å²) < 4.78 is 7.47. The van der Waals surface area contributed by atoms with Crippen LogP contribution in [0.15, 0.2) is 84.9 Å². The lowest BCUT2D eigenvalue weighted by molar-refractivity contribution is -0.130. The van der Waals surface area contributed by atoms with Crippen LogP contribution in [0, 0.1) is 0 Å². The van der Waals surface area contributed by atoms with Gasteiger partial charge in [-0.25, -0.2) is 9.67 Å². The minimum Gasteiger partial charge on any atom is -0.483 e. The molecule has 2 amide bonds. The second kappa shape index (κ2) is 11.3. The second-order valence-corrected chi connectivity index (χ2v) is 8.42. The molecule has 1 heterocycles. The maximum absolute atomic E-state index is 13.3. The molecule has 1 unspecified atom stereocenters. The molecule has 184 valence electrons. The maximum atomic E-state index is 13.3. The molecule has 0 saturated carbocycles. The molecule has 0 aliphatic carbocycles. The van der Waals surface area contributed by atoms with Gasteiger partial charge >= 0.3 is 0 Å². The summed E-state index contributed by atoms with van der Waals surface area (Å²) in [6.07, 6.45) is 0.610. The highest BCUT2D eigenvalue weighted by Crippen LogP contribution is 2.28. The Bertz CT molecular complexity index is 1260. The molecule has 0 saturated heterocycles. The van der Waals surface area contributed by atoms with Crippen LogP contribution < -0.4 is 10.1 Å². The number of nitrogens with zero attached hydrogens (tertiary/aromatic N) is 4. The van der Waals surface area contributed by atoms with Crippen LogP contribution in [0.5, 0.6) is 5.75 Å². The van der Waals surface area contributed by atoms with E-state index in [1.807, 2.05) is 85.8 Å². The van der Waals surface area contributed by atoms with Crippen LogP contribution in [0.4, 0.5) is 0 Å². The van der Waals surface area contributed by atoms with E-state index in [2.05, 4.69) is 15.4 Å². The van der Waals surface area contributed by atoms with E-state index in [1.165, 1.54) is 4.90 Å². The molecule has 1 N–H and O–H groups in total. The minimum atomic E-state index is -0.395. The number of para-hydroxylation sites is 2. The van der Waals surface area contributed by atoms with Crippen LogP contribution in [0.2, 0.25) is 0 Å². The Kier molecular flexibility index (Phi) is 7.75. The van der Waals surface area contributed by atoms with Crippen molar-refractivity contribution in [3.05, 3.63) is 96.3 Å². The molecule has 0 bridgehead atoms. The molecule has 8 nitrogen and oxygen atoms in total. The number of likely N-dealkylation sites (N-methyl/N-ethyl adjacent to an activating group) is 1. The summed E-state index contributed by atoms with van der Waals surface area (Å²) in [4.78, 5) is 31.4. The average molecular weight is 484 g/mol. The van der Waals surface area contributed by atoms with Crippen molar-refractivity contribution in [2.24, 2.45) is 0 Å². The van der Waals surface area contributed by atoms with Crippen molar-refractivity contribution in [3.8, 4) is 22.8 Å². The van der Waals surface area contributed by atoms with Gasteiger partial charge in [0, 0.05) is 25.2 Å². The predicted octanol–water partition coefficient (Wildman–Crippen LogP) is 4.28. The Balaban J connectivity index is 1.61. The fourth-order valence-corrected chi connectivity index (χ4v) is 3.72. The lowest BCUT2D eigenvalue weighted by Gasteiger charge is -2.20. The van der Waals surface area contributed by atoms with Gasteiger partial charge in [0.05, 0.1) is 11.7 Å². The molecule has 8 heteroatoms. The number of nitrogens with one attached hydrogen (secondary N) is 1. The number of amides is 2. The van der Waals surface area contributed by atoms with Gasteiger partial charge in [-0.2, -0.15) is 0 Å². The van der Waals surface area contributed by atoms with E-state index in [9.17, 15) is 9.59 Å². The van der Waals surface area contributed by atoms with Gasteiger partial charge < -0.3 is 15.0 Å². The summed E-state index contributed by atoms with van der Waals surface area (Å²) in [5.41, 5.74) is 2.44. The third kappa shape index (κ3) is 5.60. The molecule has 36 heavy (non-hydrogen) atoms. The van der Waals surface area contributed by atoms with Crippen molar-refractivity contribution in [2.45, 2.75) is 19.4 Å². The topological polar surface area (TPSA) is 89.4 Å². The molecule has 1 aromatic heterocycles. The zero-order chi connectivity index (χ0) is 25.5. The number of ether oxygens (including phenoxy) is 1. The molecule has 0 spiro atoms. The van der Waals surface area contributed by atoms with E-state index < -0.39 is 5.91 Å². The first-order valence-corrected chi connectivity index (χ1v) is 11.8. The Morgan fingerprint density at radius 3 is 2.25 bits per heavy atom. The molecule has 0 fully saturated rings. The number of benzene rings is 3. The van der Waals surface area contributed by atoms with Gasteiger partial charge in [-0.15, -0.1) is 5.10 Å². The molecule has 4 aromatic rings. The lowest BCUT2D eigenvalue weighted by Crippen LogP contribution is -2.30. The van der Waals surface area contributed by atoms with Crippen molar-refractivity contribution in [1.29, 1.82) is 0 Å². The van der Waals surface area contributed by atoms with Crippen LogP contribution in [0.1, 0.15) is 35.6 Å². The fraction of sp³-hybridized carbons (Fsp3) is 0.214. The molecular formula is C28H29N5O3. The van der Waals surface area contributed by atoms with Gasteiger partial charge in [0.1, 0.15) is 5.75 Å². The van der Waals surface area contributed by atoms with Crippen molar-refractivity contribution in [1.82, 2.24) is 25.0 Å². The summed E-state index contributed by atoms with van der Waals surface area (Å²) in [5.74, 6) is 0.648. The maximum Gasteiger partial charge on any atom is 0.291 e. The van der Waals surface area contributed by atoms with Gasteiger partial charge in [0.25, 0.3) is 11.8 Å². The normalized spacial score (nSPS) is 11.5. The highest BCUT2D eigenvalue weighted by Gasteiger charge is 2.23. The van der Waals surface area contributed by atoms with Crippen LogP contribution in [0.25, 0.3) is 17.1 Å². The number of carbonyl (C=O) groups excluding carboxylic acids is 2. The van der Waals surface area contributed by atoms with Crippen molar-refractivity contribution in [3.63, 3.8) is 0 Å². The van der Waals surface area contributed by atoms with Crippen LogP contribution in [-0.2, 0) is 4.79 Å². The quantitative estimate of drug-likeness (QED) is 0.384. The van der Waals surface area contributed by atoms with E-state index in [0.717, 1.165) is 16.8 Å². The minimum absolute atomic E-state index is 0.0670. The van der Waals surface area contributed by atoms with Crippen molar-refractivity contribution >= 4 is 11.8 Å². The molecule has 1 atom stereocenters. The third-order valence-corrected chi connectivity index (χ3v) is 5.70. The Hall–Kier alpha value is -4.46. The van der Waals surface area contributed by atoms with Gasteiger partial charge in [0.15, 0.2) is 12.4 Å². The van der Waals surface area contributed by atoms with Crippen molar-refractivity contribution < 1.29 is 14.3 Å². The van der Waals surface area contributed by atoms with Crippen LogP contribution in [-0.4, -0.2) is 52.2 Å². The Morgan fingerprint density at radius 2 is 1.58 bits per heavy atom. The van der Waals surface area contributed by atoms with Crippen molar-refractivity contribution in [2.75, 3.05) is 20.7 Å². The lowest BCUT2D eigenvalue weighted by atomic mass is 10.0. The van der Waals surface area contributed by atoms with Gasteiger partial charge in [-0.3, -0.25) is 9.59 Å². The second-order valence-electron chi connectivity index (χ2n) is 8.42. The molecular weight excluding hydrogens is 454 g/mol. The van der Waals surface area contributed by atoms with E-state index in [1.54, 1.807) is 24.8 Å². The first kappa shape index (κ1) is 24.7. The third-order valence-electron chi connectivity index (χ3n) is 5.70. The zero-order valence-corrected chi connectivity index (χ0v) is 20.6. The van der Waals surface area contributed by atoms with E-state index in [-0.39, 0.29) is 24.4 Å². The van der Waals surface area contributed by atoms with Gasteiger partial charge in [-0.1, -0.05) is 73.7 Å². The average Bonchev–Trinajstić information content (AvgIpc) is 3.37. The first-order chi connectivity index (χ1) is 17.5. The summed E-state index contributed by atoms with van der Waals surface area (Å²) in [7, 11) is 3.36. The molecule has 0 aliphatic rings.